The fourth-order valence-corrected chi connectivity index (χ4v) is 4.73. The molecule has 0 saturated heterocycles. The molecule has 0 spiro atoms. The van der Waals surface area contributed by atoms with Crippen LogP contribution in [0.4, 0.5) is 5.69 Å². The zero-order valence-electron chi connectivity index (χ0n) is 18.8. The van der Waals surface area contributed by atoms with E-state index in [0.717, 1.165) is 23.9 Å². The Morgan fingerprint density at radius 2 is 1.79 bits per heavy atom. The van der Waals surface area contributed by atoms with Crippen LogP contribution in [0.3, 0.4) is 0 Å². The molecule has 1 aliphatic rings. The first-order valence-electron chi connectivity index (χ1n) is 11.1. The predicted molar refractivity (Wildman–Crippen MR) is 133 cm³/mol. The number of carbonyl (C=O) groups is 1. The Morgan fingerprint density at radius 1 is 1.06 bits per heavy atom. The number of likely N-dealkylation sites (N-methyl/N-ethyl adjacent to an activating group) is 1. The van der Waals surface area contributed by atoms with E-state index in [4.69, 9.17) is 11.6 Å². The molecule has 0 radical (unpaired) electrons. The zero-order valence-corrected chi connectivity index (χ0v) is 19.6. The van der Waals surface area contributed by atoms with Gasteiger partial charge in [-0.25, -0.2) is 0 Å². The molecule has 3 aromatic rings. The number of hydrogen-bond acceptors (Lipinski definition) is 4. The number of hydrogen-bond donors (Lipinski definition) is 2. The fraction of sp³-hybridized carbons (Fsp3) is 0.296. The third kappa shape index (κ3) is 4.12. The molecule has 5 nitrogen and oxygen atoms in total. The second-order valence-electron chi connectivity index (χ2n) is 8.06. The van der Waals surface area contributed by atoms with Gasteiger partial charge in [0.15, 0.2) is 5.60 Å². The van der Waals surface area contributed by atoms with Crippen molar-refractivity contribution < 1.29 is 15.0 Å². The quantitative estimate of drug-likeness (QED) is 0.547. The van der Waals surface area contributed by atoms with Gasteiger partial charge in [-0.2, -0.15) is 0 Å². The molecular weight excluding hydrogens is 436 g/mol. The molecular formula is C27H27ClN2O3. The molecule has 170 valence electrons. The average molecular weight is 463 g/mol. The summed E-state index contributed by atoms with van der Waals surface area (Å²) in [5.41, 5.74) is -0.0366. The van der Waals surface area contributed by atoms with Crippen molar-refractivity contribution in [1.29, 1.82) is 0 Å². The SMILES string of the molecule is CCN(CC)CCN1C(=O)C(O)(c2ccc3ccccc3c2)c2c(C#CCO)cc(Cl)cc21. The molecule has 0 aromatic heterocycles. The first-order valence-corrected chi connectivity index (χ1v) is 11.5. The summed E-state index contributed by atoms with van der Waals surface area (Å²) in [6.07, 6.45) is 0. The molecule has 2 N–H and O–H groups in total. The van der Waals surface area contributed by atoms with Gasteiger partial charge in [0, 0.05) is 29.2 Å². The summed E-state index contributed by atoms with van der Waals surface area (Å²) in [7, 11) is 0. The Morgan fingerprint density at radius 3 is 2.48 bits per heavy atom. The number of nitrogens with zero attached hydrogens (tertiary/aromatic N) is 2. The predicted octanol–water partition coefficient (Wildman–Crippen LogP) is 3.76. The molecule has 0 fully saturated rings. The summed E-state index contributed by atoms with van der Waals surface area (Å²) >= 11 is 6.39. The monoisotopic (exact) mass is 462 g/mol. The maximum Gasteiger partial charge on any atom is 0.268 e. The lowest BCUT2D eigenvalue weighted by atomic mass is 9.84. The molecule has 0 saturated carbocycles. The fourth-order valence-electron chi connectivity index (χ4n) is 4.52. The Hall–Kier alpha value is -2.88. The minimum Gasteiger partial charge on any atom is -0.384 e. The summed E-state index contributed by atoms with van der Waals surface area (Å²) in [4.78, 5) is 17.7. The Kier molecular flexibility index (Phi) is 6.73. The zero-order chi connectivity index (χ0) is 23.6. The van der Waals surface area contributed by atoms with Crippen LogP contribution in [-0.2, 0) is 10.4 Å². The number of carbonyl (C=O) groups excluding carboxylic acids is 1. The lowest BCUT2D eigenvalue weighted by Crippen LogP contribution is -2.44. The highest BCUT2D eigenvalue weighted by Gasteiger charge is 2.52. The molecule has 0 bridgehead atoms. The van der Waals surface area contributed by atoms with Crippen molar-refractivity contribution in [2.45, 2.75) is 19.4 Å². The smallest absolute Gasteiger partial charge is 0.268 e. The normalized spacial score (nSPS) is 17.4. The van der Waals surface area contributed by atoms with Crippen molar-refractivity contribution >= 4 is 34.0 Å². The number of fused-ring (bicyclic) bond motifs is 2. The van der Waals surface area contributed by atoms with Crippen molar-refractivity contribution in [1.82, 2.24) is 4.90 Å². The summed E-state index contributed by atoms with van der Waals surface area (Å²) in [5, 5.41) is 23.7. The summed E-state index contributed by atoms with van der Waals surface area (Å²) in [6, 6.07) is 16.7. The van der Waals surface area contributed by atoms with Crippen molar-refractivity contribution in [3.05, 3.63) is 76.3 Å². The number of amides is 1. The average Bonchev–Trinajstić information content (AvgIpc) is 3.05. The number of halogens is 1. The number of aliphatic hydroxyl groups excluding tert-OH is 1. The Balaban J connectivity index is 1.91. The Bertz CT molecular complexity index is 1260. The largest absolute Gasteiger partial charge is 0.384 e. The molecule has 4 rings (SSSR count). The topological polar surface area (TPSA) is 64.0 Å². The summed E-state index contributed by atoms with van der Waals surface area (Å²) in [6.45, 7) is 6.62. The van der Waals surface area contributed by atoms with Crippen LogP contribution in [-0.4, -0.2) is 53.8 Å². The van der Waals surface area contributed by atoms with Gasteiger partial charge in [0.25, 0.3) is 5.91 Å². The van der Waals surface area contributed by atoms with Crippen molar-refractivity contribution in [3.8, 4) is 11.8 Å². The van der Waals surface area contributed by atoms with Gasteiger partial charge in [-0.05, 0) is 47.6 Å². The highest BCUT2D eigenvalue weighted by Crippen LogP contribution is 2.47. The van der Waals surface area contributed by atoms with Crippen molar-refractivity contribution in [3.63, 3.8) is 0 Å². The van der Waals surface area contributed by atoms with Crippen LogP contribution in [0, 0.1) is 11.8 Å². The van der Waals surface area contributed by atoms with Gasteiger partial charge in [0.2, 0.25) is 0 Å². The molecule has 1 unspecified atom stereocenters. The van der Waals surface area contributed by atoms with Crippen LogP contribution in [0.25, 0.3) is 10.8 Å². The van der Waals surface area contributed by atoms with E-state index in [0.29, 0.717) is 40.5 Å². The highest BCUT2D eigenvalue weighted by molar-refractivity contribution is 6.31. The highest BCUT2D eigenvalue weighted by atomic mass is 35.5. The van der Waals surface area contributed by atoms with Gasteiger partial charge < -0.3 is 20.0 Å². The van der Waals surface area contributed by atoms with Crippen LogP contribution < -0.4 is 4.90 Å². The van der Waals surface area contributed by atoms with E-state index < -0.39 is 11.5 Å². The molecule has 1 aliphatic heterocycles. The first-order chi connectivity index (χ1) is 15.9. The molecule has 1 heterocycles. The molecule has 0 aliphatic carbocycles. The van der Waals surface area contributed by atoms with E-state index in [1.54, 1.807) is 23.1 Å². The molecule has 6 heteroatoms. The number of aliphatic hydroxyl groups is 2. The second kappa shape index (κ2) is 9.54. The van der Waals surface area contributed by atoms with Gasteiger partial charge >= 0.3 is 0 Å². The van der Waals surface area contributed by atoms with Gasteiger partial charge in [-0.3, -0.25) is 4.79 Å². The van der Waals surface area contributed by atoms with Crippen LogP contribution in [0.1, 0.15) is 30.5 Å². The van der Waals surface area contributed by atoms with E-state index in [9.17, 15) is 15.0 Å². The summed E-state index contributed by atoms with van der Waals surface area (Å²) in [5.74, 6) is 5.11. The van der Waals surface area contributed by atoms with Crippen LogP contribution >= 0.6 is 11.6 Å². The molecule has 3 aromatic carbocycles. The van der Waals surface area contributed by atoms with Gasteiger partial charge in [-0.15, -0.1) is 0 Å². The second-order valence-corrected chi connectivity index (χ2v) is 8.50. The third-order valence-corrected chi connectivity index (χ3v) is 6.51. The molecule has 33 heavy (non-hydrogen) atoms. The number of rotatable bonds is 6. The van der Waals surface area contributed by atoms with Crippen molar-refractivity contribution in [2.75, 3.05) is 37.7 Å². The van der Waals surface area contributed by atoms with Crippen molar-refractivity contribution in [2.24, 2.45) is 0 Å². The lowest BCUT2D eigenvalue weighted by Gasteiger charge is -2.26. The first kappa shape index (κ1) is 23.3. The van der Waals surface area contributed by atoms with E-state index in [2.05, 4.69) is 30.6 Å². The van der Waals surface area contributed by atoms with E-state index in [1.807, 2.05) is 36.4 Å². The minimum atomic E-state index is -1.91. The van der Waals surface area contributed by atoms with Crippen LogP contribution in [0.15, 0.2) is 54.6 Å². The number of anilines is 1. The maximum atomic E-state index is 13.9. The maximum absolute atomic E-state index is 13.9. The molecule has 1 atom stereocenters. The van der Waals surface area contributed by atoms with Gasteiger partial charge in [0.1, 0.15) is 6.61 Å². The van der Waals surface area contributed by atoms with Gasteiger partial charge in [-0.1, -0.05) is 73.7 Å². The lowest BCUT2D eigenvalue weighted by molar-refractivity contribution is -0.132. The van der Waals surface area contributed by atoms with Crippen LogP contribution in [0.2, 0.25) is 5.02 Å². The Labute approximate surface area is 199 Å². The summed E-state index contributed by atoms with van der Waals surface area (Å²) < 4.78 is 0. The van der Waals surface area contributed by atoms with E-state index in [1.165, 1.54) is 0 Å². The number of benzene rings is 3. The minimum absolute atomic E-state index is 0.338. The van der Waals surface area contributed by atoms with E-state index in [-0.39, 0.29) is 6.61 Å². The van der Waals surface area contributed by atoms with Gasteiger partial charge in [0.05, 0.1) is 5.69 Å². The third-order valence-electron chi connectivity index (χ3n) is 6.29. The standard InChI is InChI=1S/C27H27ClN2O3/c1-3-29(4-2)13-14-30-24-18-23(28)17-21(10-7-15-31)25(24)27(33,26(30)32)22-12-11-19-8-5-6-9-20(19)16-22/h5-6,8-9,11-12,16-18,31,33H,3-4,13-15H2,1-2H3. The van der Waals surface area contributed by atoms with Crippen LogP contribution in [0.5, 0.6) is 0 Å². The van der Waals surface area contributed by atoms with E-state index >= 15 is 0 Å². The molecule has 1 amide bonds.